The fourth-order valence-electron chi connectivity index (χ4n) is 2.01. The molecule has 1 unspecified atom stereocenters. The monoisotopic (exact) mass is 352 g/mol. The number of halogens is 1. The van der Waals surface area contributed by atoms with Crippen LogP contribution in [0.25, 0.3) is 11.3 Å². The standard InChI is InChI=1S/C15H17BrN2O3/c1-3-8-17-10(2)14-6-7-15(21-14)11-4-5-13(18(19)20)12(16)9-11/h4-7,9-10,17H,3,8H2,1-2H3. The second-order valence-electron chi connectivity index (χ2n) is 4.80. The summed E-state index contributed by atoms with van der Waals surface area (Å²) in [6, 6.07) is 8.81. The number of nitrogens with one attached hydrogen (secondary N) is 1. The molecule has 5 nitrogen and oxygen atoms in total. The lowest BCUT2D eigenvalue weighted by atomic mass is 10.1. The van der Waals surface area contributed by atoms with Gasteiger partial charge in [-0.1, -0.05) is 6.92 Å². The number of nitro benzene ring substituents is 1. The Morgan fingerprint density at radius 2 is 2.14 bits per heavy atom. The Labute approximate surface area is 131 Å². The van der Waals surface area contributed by atoms with Gasteiger partial charge in [-0.15, -0.1) is 0 Å². The number of furan rings is 1. The summed E-state index contributed by atoms with van der Waals surface area (Å²) in [5, 5.41) is 14.2. The molecule has 0 fully saturated rings. The molecule has 2 rings (SSSR count). The van der Waals surface area contributed by atoms with E-state index in [4.69, 9.17) is 4.42 Å². The highest BCUT2D eigenvalue weighted by molar-refractivity contribution is 9.10. The zero-order valence-corrected chi connectivity index (χ0v) is 13.5. The minimum atomic E-state index is -0.418. The first-order chi connectivity index (χ1) is 10.0. The summed E-state index contributed by atoms with van der Waals surface area (Å²) in [5.41, 5.74) is 0.852. The van der Waals surface area contributed by atoms with Crippen LogP contribution < -0.4 is 5.32 Å². The van der Waals surface area contributed by atoms with Crippen LogP contribution in [0.5, 0.6) is 0 Å². The molecule has 1 heterocycles. The van der Waals surface area contributed by atoms with Gasteiger partial charge in [-0.05, 0) is 60.1 Å². The maximum atomic E-state index is 10.8. The van der Waals surface area contributed by atoms with Crippen molar-refractivity contribution in [2.45, 2.75) is 26.3 Å². The zero-order valence-electron chi connectivity index (χ0n) is 11.9. The summed E-state index contributed by atoms with van der Waals surface area (Å²) in [7, 11) is 0. The van der Waals surface area contributed by atoms with Crippen LogP contribution in [0.15, 0.2) is 39.2 Å². The molecule has 0 aliphatic heterocycles. The number of hydrogen-bond acceptors (Lipinski definition) is 4. The second kappa shape index (κ2) is 6.87. The summed E-state index contributed by atoms with van der Waals surface area (Å²) in [5.74, 6) is 1.55. The Kier molecular flexibility index (Phi) is 5.14. The van der Waals surface area contributed by atoms with Gasteiger partial charge in [0.25, 0.3) is 5.69 Å². The van der Waals surface area contributed by atoms with E-state index < -0.39 is 4.92 Å². The van der Waals surface area contributed by atoms with Crippen LogP contribution in [0, 0.1) is 10.1 Å². The third kappa shape index (κ3) is 3.71. The lowest BCUT2D eigenvalue weighted by molar-refractivity contribution is -0.385. The molecule has 0 bridgehead atoms. The third-order valence-corrected chi connectivity index (χ3v) is 3.82. The molecule has 0 spiro atoms. The number of nitro groups is 1. The van der Waals surface area contributed by atoms with Gasteiger partial charge in [0.1, 0.15) is 11.5 Å². The van der Waals surface area contributed by atoms with Crippen molar-refractivity contribution in [3.05, 3.63) is 50.7 Å². The summed E-state index contributed by atoms with van der Waals surface area (Å²) >= 11 is 3.22. The third-order valence-electron chi connectivity index (χ3n) is 3.18. The van der Waals surface area contributed by atoms with Crippen molar-refractivity contribution < 1.29 is 9.34 Å². The number of rotatable bonds is 6. The smallest absolute Gasteiger partial charge is 0.283 e. The highest BCUT2D eigenvalue weighted by atomic mass is 79.9. The van der Waals surface area contributed by atoms with E-state index in [2.05, 4.69) is 28.2 Å². The molecule has 1 aromatic heterocycles. The largest absolute Gasteiger partial charge is 0.459 e. The molecule has 6 heteroatoms. The van der Waals surface area contributed by atoms with Crippen molar-refractivity contribution in [1.29, 1.82) is 0 Å². The van der Waals surface area contributed by atoms with E-state index in [9.17, 15) is 10.1 Å². The highest BCUT2D eigenvalue weighted by Gasteiger charge is 2.15. The van der Waals surface area contributed by atoms with Crippen molar-refractivity contribution in [3.8, 4) is 11.3 Å². The van der Waals surface area contributed by atoms with Crippen LogP contribution in [0.4, 0.5) is 5.69 Å². The van der Waals surface area contributed by atoms with Crippen LogP contribution in [-0.4, -0.2) is 11.5 Å². The van der Waals surface area contributed by atoms with Crippen molar-refractivity contribution in [2.75, 3.05) is 6.54 Å². The number of benzene rings is 1. The summed E-state index contributed by atoms with van der Waals surface area (Å²) in [4.78, 5) is 10.4. The summed E-state index contributed by atoms with van der Waals surface area (Å²) in [6.45, 7) is 5.09. The molecule has 1 aromatic carbocycles. The van der Waals surface area contributed by atoms with Gasteiger partial charge in [0, 0.05) is 11.6 Å². The maximum absolute atomic E-state index is 10.8. The first kappa shape index (κ1) is 15.7. The minimum Gasteiger partial charge on any atom is -0.459 e. The van der Waals surface area contributed by atoms with Gasteiger partial charge < -0.3 is 9.73 Å². The fourth-order valence-corrected chi connectivity index (χ4v) is 2.53. The Hall–Kier alpha value is -1.66. The lowest BCUT2D eigenvalue weighted by Crippen LogP contribution is -2.18. The topological polar surface area (TPSA) is 68.3 Å². The molecule has 0 aliphatic rings. The van der Waals surface area contributed by atoms with Crippen molar-refractivity contribution in [2.24, 2.45) is 0 Å². The Bertz CT molecular complexity index is 640. The minimum absolute atomic E-state index is 0.0449. The van der Waals surface area contributed by atoms with Gasteiger partial charge >= 0.3 is 0 Å². The quantitative estimate of drug-likeness (QED) is 0.605. The molecule has 0 saturated carbocycles. The average Bonchev–Trinajstić information content (AvgIpc) is 2.94. The van der Waals surface area contributed by atoms with Crippen molar-refractivity contribution >= 4 is 21.6 Å². The predicted molar refractivity (Wildman–Crippen MR) is 85.2 cm³/mol. The molecule has 0 aliphatic carbocycles. The van der Waals surface area contributed by atoms with E-state index in [0.29, 0.717) is 10.2 Å². The normalized spacial score (nSPS) is 12.3. The van der Waals surface area contributed by atoms with Crippen LogP contribution >= 0.6 is 15.9 Å². The van der Waals surface area contributed by atoms with Crippen molar-refractivity contribution in [3.63, 3.8) is 0 Å². The highest BCUT2D eigenvalue weighted by Crippen LogP contribution is 2.32. The van der Waals surface area contributed by atoms with Crippen LogP contribution in [0.2, 0.25) is 0 Å². The maximum Gasteiger partial charge on any atom is 0.283 e. The molecule has 2 aromatic rings. The van der Waals surface area contributed by atoms with Crippen LogP contribution in [-0.2, 0) is 0 Å². The lowest BCUT2D eigenvalue weighted by Gasteiger charge is -2.09. The van der Waals surface area contributed by atoms with Crippen LogP contribution in [0.1, 0.15) is 32.1 Å². The molecule has 1 N–H and O–H groups in total. The number of hydrogen-bond donors (Lipinski definition) is 1. The molecule has 21 heavy (non-hydrogen) atoms. The van der Waals surface area contributed by atoms with Gasteiger partial charge in [-0.3, -0.25) is 10.1 Å². The first-order valence-electron chi connectivity index (χ1n) is 6.80. The molecule has 0 saturated heterocycles. The Morgan fingerprint density at radius 1 is 1.38 bits per heavy atom. The summed E-state index contributed by atoms with van der Waals surface area (Å²) in [6.07, 6.45) is 1.06. The van der Waals surface area contributed by atoms with E-state index in [0.717, 1.165) is 24.3 Å². The van der Waals surface area contributed by atoms with Crippen molar-refractivity contribution in [1.82, 2.24) is 5.32 Å². The van der Waals surface area contributed by atoms with E-state index >= 15 is 0 Å². The van der Waals surface area contributed by atoms with Gasteiger partial charge in [0.2, 0.25) is 0 Å². The fraction of sp³-hybridized carbons (Fsp3) is 0.333. The first-order valence-corrected chi connectivity index (χ1v) is 7.59. The average molecular weight is 353 g/mol. The van der Waals surface area contributed by atoms with E-state index in [1.54, 1.807) is 12.1 Å². The van der Waals surface area contributed by atoms with E-state index in [1.807, 2.05) is 19.1 Å². The zero-order chi connectivity index (χ0) is 15.4. The molecule has 1 atom stereocenters. The molecule has 0 radical (unpaired) electrons. The molecule has 112 valence electrons. The Morgan fingerprint density at radius 3 is 2.76 bits per heavy atom. The molecular formula is C15H17BrN2O3. The predicted octanol–water partition coefficient (Wildman–Crippen LogP) is 4.68. The van der Waals surface area contributed by atoms with E-state index in [1.165, 1.54) is 6.07 Å². The van der Waals surface area contributed by atoms with Crippen LogP contribution in [0.3, 0.4) is 0 Å². The summed E-state index contributed by atoms with van der Waals surface area (Å²) < 4.78 is 6.28. The van der Waals surface area contributed by atoms with Gasteiger partial charge in [0.05, 0.1) is 15.4 Å². The van der Waals surface area contributed by atoms with Gasteiger partial charge in [-0.25, -0.2) is 0 Å². The second-order valence-corrected chi connectivity index (χ2v) is 5.66. The van der Waals surface area contributed by atoms with Gasteiger partial charge in [-0.2, -0.15) is 0 Å². The van der Waals surface area contributed by atoms with E-state index in [-0.39, 0.29) is 11.7 Å². The van der Waals surface area contributed by atoms with Gasteiger partial charge in [0.15, 0.2) is 0 Å². The Balaban J connectivity index is 2.21. The SMILES string of the molecule is CCCNC(C)c1ccc(-c2ccc([N+](=O)[O-])c(Br)c2)o1. The molecule has 0 amide bonds. The molecular weight excluding hydrogens is 336 g/mol. The number of nitrogens with zero attached hydrogens (tertiary/aromatic N) is 1.